The Morgan fingerprint density at radius 3 is 3.00 bits per heavy atom. The van der Waals surface area contributed by atoms with Crippen molar-refractivity contribution in [2.45, 2.75) is 11.7 Å². The number of benzene rings is 1. The van der Waals surface area contributed by atoms with E-state index in [9.17, 15) is 14.0 Å². The van der Waals surface area contributed by atoms with Crippen LogP contribution in [0.2, 0.25) is 0 Å². The van der Waals surface area contributed by atoms with E-state index in [1.54, 1.807) is 24.7 Å². The topological polar surface area (TPSA) is 74.7 Å². The highest BCUT2D eigenvalue weighted by atomic mass is 79.9. The largest absolute Gasteiger partial charge is 0.324 e. The van der Waals surface area contributed by atoms with E-state index in [2.05, 4.69) is 31.2 Å². The van der Waals surface area contributed by atoms with Gasteiger partial charge in [-0.1, -0.05) is 27.7 Å². The summed E-state index contributed by atoms with van der Waals surface area (Å²) in [6, 6.07) is 4.35. The van der Waals surface area contributed by atoms with Gasteiger partial charge in [-0.15, -0.1) is 11.3 Å². The Morgan fingerprint density at radius 1 is 1.52 bits per heavy atom. The van der Waals surface area contributed by atoms with Gasteiger partial charge in [0.25, 0.3) is 0 Å². The van der Waals surface area contributed by atoms with Crippen LogP contribution in [-0.2, 0) is 9.59 Å². The number of hydrogen-bond donors (Lipinski definition) is 1. The molecule has 10 heteroatoms. The van der Waals surface area contributed by atoms with Crippen LogP contribution in [0.4, 0.5) is 15.2 Å². The third-order valence-electron chi connectivity index (χ3n) is 3.33. The summed E-state index contributed by atoms with van der Waals surface area (Å²) in [5, 5.41) is 4.72. The van der Waals surface area contributed by atoms with E-state index in [4.69, 9.17) is 0 Å². The van der Waals surface area contributed by atoms with Gasteiger partial charge in [-0.25, -0.2) is 9.37 Å². The molecule has 2 heterocycles. The van der Waals surface area contributed by atoms with Crippen LogP contribution in [0.5, 0.6) is 0 Å². The number of aliphatic imine (C=N–C) groups is 1. The van der Waals surface area contributed by atoms with Crippen LogP contribution < -0.4 is 5.32 Å². The summed E-state index contributed by atoms with van der Waals surface area (Å²) >= 11 is 5.71. The van der Waals surface area contributed by atoms with E-state index >= 15 is 0 Å². The average Bonchev–Trinajstić information content (AvgIpc) is 3.15. The number of thiazole rings is 1. The second-order valence-corrected chi connectivity index (χ2v) is 8.05. The number of hydrogen-bond acceptors (Lipinski definition) is 6. The number of nitrogens with zero attached hydrogens (tertiary/aromatic N) is 3. The molecule has 0 saturated carbocycles. The number of amides is 2. The first-order valence-electron chi connectivity index (χ1n) is 7.11. The number of aromatic nitrogens is 1. The number of carbonyl (C=O) groups is 2. The minimum Gasteiger partial charge on any atom is -0.324 e. The molecule has 0 aliphatic carbocycles. The Bertz CT molecular complexity index is 844. The monoisotopic (exact) mass is 442 g/mol. The summed E-state index contributed by atoms with van der Waals surface area (Å²) in [6.07, 6.45) is 1.56. The summed E-state index contributed by atoms with van der Waals surface area (Å²) in [4.78, 5) is 34.2. The fourth-order valence-electron chi connectivity index (χ4n) is 2.11. The molecule has 1 saturated heterocycles. The third-order valence-corrected chi connectivity index (χ3v) is 5.71. The number of thioether (sulfide) groups is 1. The standard InChI is InChI=1S/C15H12BrFN4O2S2/c1-21-13(23)11(25-15(21)20-14-18-4-5-24-14)7-12(22)19-10-3-2-8(16)6-9(10)17/h2-6,11H,7H2,1H3,(H,19,22). The highest BCUT2D eigenvalue weighted by molar-refractivity contribution is 9.10. The Balaban J connectivity index is 1.66. The highest BCUT2D eigenvalue weighted by Gasteiger charge is 2.37. The molecule has 0 bridgehead atoms. The fourth-order valence-corrected chi connectivity index (χ4v) is 4.14. The summed E-state index contributed by atoms with van der Waals surface area (Å²) in [7, 11) is 1.61. The molecule has 1 unspecified atom stereocenters. The van der Waals surface area contributed by atoms with E-state index in [-0.39, 0.29) is 18.0 Å². The SMILES string of the molecule is CN1C(=O)C(CC(=O)Nc2ccc(Br)cc2F)SC1=Nc1nccs1. The number of carbonyl (C=O) groups excluding carboxylic acids is 2. The maximum Gasteiger partial charge on any atom is 0.242 e. The maximum absolute atomic E-state index is 13.8. The molecule has 1 aromatic carbocycles. The normalized spacial score (nSPS) is 18.8. The van der Waals surface area contributed by atoms with Crippen LogP contribution in [-0.4, -0.2) is 39.2 Å². The molecule has 1 atom stereocenters. The summed E-state index contributed by atoms with van der Waals surface area (Å²) in [5.74, 6) is -1.20. The summed E-state index contributed by atoms with van der Waals surface area (Å²) in [6.45, 7) is 0. The molecule has 1 N–H and O–H groups in total. The number of halogens is 2. The molecule has 25 heavy (non-hydrogen) atoms. The molecule has 1 fully saturated rings. The molecule has 2 aromatic rings. The number of nitrogens with one attached hydrogen (secondary N) is 1. The summed E-state index contributed by atoms with van der Waals surface area (Å²) in [5.41, 5.74) is 0.0775. The van der Waals surface area contributed by atoms with Gasteiger partial charge in [-0.3, -0.25) is 14.5 Å². The van der Waals surface area contributed by atoms with E-state index in [1.807, 2.05) is 0 Å². The van der Waals surface area contributed by atoms with Gasteiger partial charge in [-0.05, 0) is 18.2 Å². The van der Waals surface area contributed by atoms with Crippen molar-refractivity contribution >= 4 is 66.8 Å². The van der Waals surface area contributed by atoms with Crippen molar-refractivity contribution in [2.24, 2.45) is 4.99 Å². The van der Waals surface area contributed by atoms with Crippen LogP contribution in [0, 0.1) is 5.82 Å². The fraction of sp³-hybridized carbons (Fsp3) is 0.200. The van der Waals surface area contributed by atoms with Gasteiger partial charge in [-0.2, -0.15) is 4.99 Å². The van der Waals surface area contributed by atoms with E-state index in [0.717, 1.165) is 0 Å². The first-order chi connectivity index (χ1) is 11.9. The third kappa shape index (κ3) is 4.25. The summed E-state index contributed by atoms with van der Waals surface area (Å²) < 4.78 is 14.4. The van der Waals surface area contributed by atoms with Crippen LogP contribution in [0.3, 0.4) is 0 Å². The minimum absolute atomic E-state index is 0.0692. The van der Waals surface area contributed by atoms with Crippen LogP contribution in [0.1, 0.15) is 6.42 Å². The average molecular weight is 443 g/mol. The quantitative estimate of drug-likeness (QED) is 0.783. The molecule has 1 aliphatic heterocycles. The van der Waals surface area contributed by atoms with E-state index in [0.29, 0.717) is 14.8 Å². The van der Waals surface area contributed by atoms with Gasteiger partial charge >= 0.3 is 0 Å². The lowest BCUT2D eigenvalue weighted by Crippen LogP contribution is -2.30. The Kier molecular flexibility index (Phi) is 5.50. The first-order valence-corrected chi connectivity index (χ1v) is 9.66. The molecule has 6 nitrogen and oxygen atoms in total. The van der Waals surface area contributed by atoms with Gasteiger partial charge in [0.2, 0.25) is 16.9 Å². The van der Waals surface area contributed by atoms with Gasteiger partial charge in [0.05, 0.1) is 5.69 Å². The molecule has 130 valence electrons. The Hall–Kier alpha value is -1.78. The van der Waals surface area contributed by atoms with Gasteiger partial charge in [0, 0.05) is 29.5 Å². The predicted molar refractivity (Wildman–Crippen MR) is 101 cm³/mol. The lowest BCUT2D eigenvalue weighted by molar-refractivity contribution is -0.127. The van der Waals surface area contributed by atoms with Crippen molar-refractivity contribution in [1.29, 1.82) is 0 Å². The molecule has 0 radical (unpaired) electrons. The predicted octanol–water partition coefficient (Wildman–Crippen LogP) is 3.63. The van der Waals surface area contributed by atoms with E-state index in [1.165, 1.54) is 40.1 Å². The number of anilines is 1. The second kappa shape index (κ2) is 7.63. The molecular weight excluding hydrogens is 431 g/mol. The molecule has 3 rings (SSSR count). The lowest BCUT2D eigenvalue weighted by Gasteiger charge is -2.09. The van der Waals surface area contributed by atoms with Gasteiger partial charge in [0.1, 0.15) is 11.1 Å². The Morgan fingerprint density at radius 2 is 2.32 bits per heavy atom. The van der Waals surface area contributed by atoms with Gasteiger partial charge < -0.3 is 5.32 Å². The van der Waals surface area contributed by atoms with E-state index < -0.39 is 17.0 Å². The van der Waals surface area contributed by atoms with Crippen molar-refractivity contribution in [3.63, 3.8) is 0 Å². The molecular formula is C15H12BrFN4O2S2. The smallest absolute Gasteiger partial charge is 0.242 e. The minimum atomic E-state index is -0.595. The zero-order chi connectivity index (χ0) is 18.0. The van der Waals surface area contributed by atoms with Gasteiger partial charge in [0.15, 0.2) is 5.17 Å². The molecule has 0 spiro atoms. The van der Waals surface area contributed by atoms with Crippen molar-refractivity contribution in [1.82, 2.24) is 9.88 Å². The second-order valence-electron chi connectivity index (χ2n) is 5.09. The van der Waals surface area contributed by atoms with Crippen molar-refractivity contribution in [2.75, 3.05) is 12.4 Å². The number of amidine groups is 1. The van der Waals surface area contributed by atoms with Crippen molar-refractivity contribution in [3.05, 3.63) is 40.1 Å². The highest BCUT2D eigenvalue weighted by Crippen LogP contribution is 2.31. The van der Waals surface area contributed by atoms with Crippen LogP contribution in [0.15, 0.2) is 39.2 Å². The van der Waals surface area contributed by atoms with Crippen LogP contribution >= 0.6 is 39.0 Å². The van der Waals surface area contributed by atoms with Crippen molar-refractivity contribution in [3.8, 4) is 0 Å². The molecule has 1 aliphatic rings. The maximum atomic E-state index is 13.8. The number of rotatable bonds is 4. The zero-order valence-electron chi connectivity index (χ0n) is 12.9. The first kappa shape index (κ1) is 18.0. The Labute approximate surface area is 159 Å². The lowest BCUT2D eigenvalue weighted by atomic mass is 10.2. The zero-order valence-corrected chi connectivity index (χ0v) is 16.1. The molecule has 2 amide bonds. The van der Waals surface area contributed by atoms with Crippen molar-refractivity contribution < 1.29 is 14.0 Å². The molecule has 1 aromatic heterocycles. The van der Waals surface area contributed by atoms with Crippen LogP contribution in [0.25, 0.3) is 0 Å².